The zero-order valence-electron chi connectivity index (χ0n) is 10.5. The van der Waals surface area contributed by atoms with Crippen LogP contribution in [0.15, 0.2) is 12.1 Å². The average molecular weight is 285 g/mol. The normalized spacial score (nSPS) is 10.5. The minimum atomic E-state index is 0.807. The fraction of sp³-hybridized carbons (Fsp3) is 0.571. The van der Waals surface area contributed by atoms with Crippen LogP contribution in [0.5, 0.6) is 5.75 Å². The standard InChI is InChI=1S/C14H21BrO/c1-4-10-16-14-8-7-13(6-5-9-15)11(2)12(14)3/h7-8H,4-6,9-10H2,1-3H3. The number of halogens is 1. The summed E-state index contributed by atoms with van der Waals surface area (Å²) in [5.74, 6) is 1.04. The molecule has 0 saturated carbocycles. The van der Waals surface area contributed by atoms with Gasteiger partial charge in [-0.2, -0.15) is 0 Å². The summed E-state index contributed by atoms with van der Waals surface area (Å²) < 4.78 is 5.72. The van der Waals surface area contributed by atoms with Gasteiger partial charge in [0.1, 0.15) is 5.75 Å². The molecule has 90 valence electrons. The Hall–Kier alpha value is -0.500. The lowest BCUT2D eigenvalue weighted by atomic mass is 9.99. The number of benzene rings is 1. The van der Waals surface area contributed by atoms with Crippen molar-refractivity contribution in [2.45, 2.75) is 40.0 Å². The Morgan fingerprint density at radius 3 is 2.56 bits per heavy atom. The van der Waals surface area contributed by atoms with Crippen molar-refractivity contribution in [3.05, 3.63) is 28.8 Å². The van der Waals surface area contributed by atoms with Gasteiger partial charge in [0.15, 0.2) is 0 Å². The van der Waals surface area contributed by atoms with Crippen LogP contribution in [0.2, 0.25) is 0 Å². The molecule has 0 aliphatic heterocycles. The molecule has 1 aromatic rings. The number of aryl methyl sites for hydroxylation is 1. The van der Waals surface area contributed by atoms with Crippen LogP contribution < -0.4 is 4.74 Å². The first-order valence-corrected chi connectivity index (χ1v) is 7.10. The molecule has 1 nitrogen and oxygen atoms in total. The SMILES string of the molecule is CCCOc1ccc(CCCBr)c(C)c1C. The van der Waals surface area contributed by atoms with Crippen molar-refractivity contribution in [2.24, 2.45) is 0 Å². The molecular formula is C14H21BrO. The molecule has 16 heavy (non-hydrogen) atoms. The number of alkyl halides is 1. The van der Waals surface area contributed by atoms with Crippen LogP contribution in [0.3, 0.4) is 0 Å². The smallest absolute Gasteiger partial charge is 0.122 e. The summed E-state index contributed by atoms with van der Waals surface area (Å²) in [6.45, 7) is 7.28. The third kappa shape index (κ3) is 3.51. The predicted octanol–water partition coefficient (Wildman–Crippen LogP) is 4.42. The molecule has 0 aliphatic carbocycles. The summed E-state index contributed by atoms with van der Waals surface area (Å²) in [6.07, 6.45) is 3.39. The van der Waals surface area contributed by atoms with Gasteiger partial charge in [0.05, 0.1) is 6.61 Å². The molecule has 0 atom stereocenters. The van der Waals surface area contributed by atoms with Gasteiger partial charge in [0.2, 0.25) is 0 Å². The fourth-order valence-electron chi connectivity index (χ4n) is 1.75. The van der Waals surface area contributed by atoms with Crippen molar-refractivity contribution in [1.82, 2.24) is 0 Å². The van der Waals surface area contributed by atoms with Crippen molar-refractivity contribution in [2.75, 3.05) is 11.9 Å². The maximum absolute atomic E-state index is 5.72. The molecule has 0 spiro atoms. The summed E-state index contributed by atoms with van der Waals surface area (Å²) in [7, 11) is 0. The zero-order chi connectivity index (χ0) is 12.0. The number of rotatable bonds is 6. The third-order valence-electron chi connectivity index (χ3n) is 2.89. The summed E-state index contributed by atoms with van der Waals surface area (Å²) >= 11 is 3.47. The first-order valence-electron chi connectivity index (χ1n) is 5.98. The lowest BCUT2D eigenvalue weighted by molar-refractivity contribution is 0.315. The van der Waals surface area contributed by atoms with Crippen LogP contribution in [-0.4, -0.2) is 11.9 Å². The lowest BCUT2D eigenvalue weighted by Crippen LogP contribution is -2.00. The second kappa shape index (κ2) is 6.95. The van der Waals surface area contributed by atoms with Gasteiger partial charge in [-0.25, -0.2) is 0 Å². The van der Waals surface area contributed by atoms with Crippen molar-refractivity contribution < 1.29 is 4.74 Å². The number of ether oxygens (including phenoxy) is 1. The van der Waals surface area contributed by atoms with E-state index in [1.165, 1.54) is 23.1 Å². The molecule has 0 heterocycles. The number of hydrogen-bond acceptors (Lipinski definition) is 1. The van der Waals surface area contributed by atoms with Gasteiger partial charge in [-0.1, -0.05) is 28.9 Å². The van der Waals surface area contributed by atoms with Crippen molar-refractivity contribution >= 4 is 15.9 Å². The Morgan fingerprint density at radius 2 is 1.94 bits per heavy atom. The highest BCUT2D eigenvalue weighted by Gasteiger charge is 2.06. The van der Waals surface area contributed by atoms with E-state index in [4.69, 9.17) is 4.74 Å². The molecule has 0 aromatic heterocycles. The minimum absolute atomic E-state index is 0.807. The van der Waals surface area contributed by atoms with Crippen LogP contribution in [0.25, 0.3) is 0 Å². The molecular weight excluding hydrogens is 264 g/mol. The quantitative estimate of drug-likeness (QED) is 0.703. The molecule has 1 rings (SSSR count). The molecule has 2 heteroatoms. The summed E-state index contributed by atoms with van der Waals surface area (Å²) in [4.78, 5) is 0. The Bertz CT molecular complexity index is 301. The molecule has 0 N–H and O–H groups in total. The highest BCUT2D eigenvalue weighted by atomic mass is 79.9. The van der Waals surface area contributed by atoms with Crippen LogP contribution >= 0.6 is 15.9 Å². The summed E-state index contributed by atoms with van der Waals surface area (Å²) in [6, 6.07) is 4.32. The average Bonchev–Trinajstić information content (AvgIpc) is 2.30. The largest absolute Gasteiger partial charge is 0.493 e. The van der Waals surface area contributed by atoms with Crippen LogP contribution in [-0.2, 0) is 6.42 Å². The molecule has 0 unspecified atom stereocenters. The van der Waals surface area contributed by atoms with Gasteiger partial charge in [-0.15, -0.1) is 0 Å². The molecule has 0 fully saturated rings. The zero-order valence-corrected chi connectivity index (χ0v) is 12.1. The Labute approximate surface area is 107 Å². The molecule has 0 bridgehead atoms. The van der Waals surface area contributed by atoms with Crippen LogP contribution in [0.1, 0.15) is 36.5 Å². The van der Waals surface area contributed by atoms with Gasteiger partial charge in [0, 0.05) is 5.33 Å². The second-order valence-electron chi connectivity index (χ2n) is 4.11. The first kappa shape index (κ1) is 13.6. The van der Waals surface area contributed by atoms with Crippen LogP contribution in [0, 0.1) is 13.8 Å². The topological polar surface area (TPSA) is 9.23 Å². The van der Waals surface area contributed by atoms with E-state index in [-0.39, 0.29) is 0 Å². The van der Waals surface area contributed by atoms with Crippen molar-refractivity contribution in [1.29, 1.82) is 0 Å². The molecule has 0 saturated heterocycles. The Kier molecular flexibility index (Phi) is 5.89. The van der Waals surface area contributed by atoms with Crippen LogP contribution in [0.4, 0.5) is 0 Å². The molecule has 1 aromatic carbocycles. The van der Waals surface area contributed by atoms with Gasteiger partial charge >= 0.3 is 0 Å². The van der Waals surface area contributed by atoms with Gasteiger partial charge in [-0.05, 0) is 55.9 Å². The Balaban J connectivity index is 2.81. The Morgan fingerprint density at radius 1 is 1.19 bits per heavy atom. The van der Waals surface area contributed by atoms with Gasteiger partial charge in [-0.3, -0.25) is 0 Å². The summed E-state index contributed by atoms with van der Waals surface area (Å²) in [5, 5.41) is 1.07. The molecule has 0 aliphatic rings. The van der Waals surface area contributed by atoms with E-state index < -0.39 is 0 Å². The van der Waals surface area contributed by atoms with Crippen molar-refractivity contribution in [3.8, 4) is 5.75 Å². The van der Waals surface area contributed by atoms with Crippen molar-refractivity contribution in [3.63, 3.8) is 0 Å². The van der Waals surface area contributed by atoms with E-state index in [0.29, 0.717) is 0 Å². The van der Waals surface area contributed by atoms with E-state index in [1.807, 2.05) is 0 Å². The fourth-order valence-corrected chi connectivity index (χ4v) is 2.03. The second-order valence-corrected chi connectivity index (χ2v) is 4.91. The number of hydrogen-bond donors (Lipinski definition) is 0. The molecule has 0 radical (unpaired) electrons. The van der Waals surface area contributed by atoms with E-state index >= 15 is 0 Å². The van der Waals surface area contributed by atoms with E-state index in [0.717, 1.165) is 30.5 Å². The van der Waals surface area contributed by atoms with E-state index in [2.05, 4.69) is 48.8 Å². The molecule has 0 amide bonds. The van der Waals surface area contributed by atoms with Gasteiger partial charge < -0.3 is 4.74 Å². The van der Waals surface area contributed by atoms with E-state index in [1.54, 1.807) is 0 Å². The summed E-state index contributed by atoms with van der Waals surface area (Å²) in [5.41, 5.74) is 4.12. The highest BCUT2D eigenvalue weighted by Crippen LogP contribution is 2.25. The third-order valence-corrected chi connectivity index (χ3v) is 3.45. The highest BCUT2D eigenvalue weighted by molar-refractivity contribution is 9.09. The van der Waals surface area contributed by atoms with Gasteiger partial charge in [0.25, 0.3) is 0 Å². The predicted molar refractivity (Wildman–Crippen MR) is 73.8 cm³/mol. The monoisotopic (exact) mass is 284 g/mol. The minimum Gasteiger partial charge on any atom is -0.493 e. The maximum atomic E-state index is 5.72. The maximum Gasteiger partial charge on any atom is 0.122 e. The lowest BCUT2D eigenvalue weighted by Gasteiger charge is -2.13. The van der Waals surface area contributed by atoms with E-state index in [9.17, 15) is 0 Å². The first-order chi connectivity index (χ1) is 7.70.